The maximum absolute atomic E-state index is 12.2. The number of nitrogens with one attached hydrogen (secondary N) is 1. The van der Waals surface area contributed by atoms with Crippen molar-refractivity contribution in [3.63, 3.8) is 0 Å². The molecule has 1 amide bonds. The highest BCUT2D eigenvalue weighted by Gasteiger charge is 2.46. The smallest absolute Gasteiger partial charge is 0.319 e. The lowest BCUT2D eigenvalue weighted by Crippen LogP contribution is -2.51. The fourth-order valence-electron chi connectivity index (χ4n) is 1.98. The van der Waals surface area contributed by atoms with Crippen LogP contribution in [0.25, 0.3) is 0 Å². The second kappa shape index (κ2) is 5.09. The van der Waals surface area contributed by atoms with Gasteiger partial charge in [0.2, 0.25) is 0 Å². The van der Waals surface area contributed by atoms with Crippen molar-refractivity contribution in [2.45, 2.75) is 12.8 Å². The summed E-state index contributed by atoms with van der Waals surface area (Å²) in [6.45, 7) is 0. The number of carboxylic acid groups (broad SMARTS) is 1. The minimum Gasteiger partial charge on any atom is -0.480 e. The number of carboxylic acids is 1. The van der Waals surface area contributed by atoms with E-state index in [9.17, 15) is 14.7 Å². The summed E-state index contributed by atoms with van der Waals surface area (Å²) in [4.78, 5) is 27.6. The Hall–Kier alpha value is -2.37. The largest absolute Gasteiger partial charge is 0.480 e. The third kappa shape index (κ3) is 2.42. The Kier molecular flexibility index (Phi) is 3.50. The molecule has 6 heteroatoms. The molecule has 1 aromatic heterocycles. The first kappa shape index (κ1) is 13.1. The molecule has 2 N–H and O–H groups in total. The molecule has 0 radical (unpaired) electrons. The van der Waals surface area contributed by atoms with Crippen molar-refractivity contribution in [3.8, 4) is 0 Å². The molecule has 1 aliphatic rings. The highest BCUT2D eigenvalue weighted by molar-refractivity contribution is 6.03. The predicted octanol–water partition coefficient (Wildman–Crippen LogP) is 0.970. The number of carbonyl (C=O) groups is 2. The molecule has 0 fully saturated rings. The molecule has 0 aliphatic heterocycles. The van der Waals surface area contributed by atoms with Gasteiger partial charge in [-0.05, 0) is 25.0 Å². The topological polar surface area (TPSA) is 82.5 Å². The number of amides is 1. The summed E-state index contributed by atoms with van der Waals surface area (Å²) in [5.41, 5.74) is 1.17. The Balaban J connectivity index is 2.10. The van der Waals surface area contributed by atoms with Crippen LogP contribution in [0.1, 0.15) is 12.8 Å². The van der Waals surface area contributed by atoms with E-state index in [1.807, 2.05) is 0 Å². The number of nitrogens with zero attached hydrogens (tertiary/aromatic N) is 2. The first-order valence-corrected chi connectivity index (χ1v) is 5.90. The Morgan fingerprint density at radius 2 is 2.05 bits per heavy atom. The molecule has 0 atom stereocenters. The van der Waals surface area contributed by atoms with E-state index in [0.717, 1.165) is 0 Å². The summed E-state index contributed by atoms with van der Waals surface area (Å²) in [6.07, 6.45) is 5.46. The molecular formula is C13H15N3O3. The van der Waals surface area contributed by atoms with E-state index in [0.29, 0.717) is 5.82 Å². The molecule has 1 aliphatic carbocycles. The van der Waals surface area contributed by atoms with Gasteiger partial charge in [0.25, 0.3) is 5.91 Å². The van der Waals surface area contributed by atoms with Crippen molar-refractivity contribution in [2.24, 2.45) is 5.41 Å². The molecule has 1 heterocycles. The van der Waals surface area contributed by atoms with Crippen LogP contribution in [0.5, 0.6) is 0 Å². The van der Waals surface area contributed by atoms with Gasteiger partial charge in [0.15, 0.2) is 5.41 Å². The minimum atomic E-state index is -1.40. The van der Waals surface area contributed by atoms with Gasteiger partial charge in [0, 0.05) is 13.2 Å². The Morgan fingerprint density at radius 1 is 1.37 bits per heavy atom. The fraction of sp³-hybridized carbons (Fsp3) is 0.308. The van der Waals surface area contributed by atoms with Crippen LogP contribution < -0.4 is 10.4 Å². The van der Waals surface area contributed by atoms with Crippen molar-refractivity contribution < 1.29 is 14.7 Å². The normalized spacial score (nSPS) is 16.1. The van der Waals surface area contributed by atoms with Crippen LogP contribution in [0.3, 0.4) is 0 Å². The third-order valence-electron chi connectivity index (χ3n) is 3.21. The average molecular weight is 261 g/mol. The number of aromatic nitrogens is 1. The molecule has 0 bridgehead atoms. The lowest BCUT2D eigenvalue weighted by molar-refractivity contribution is -0.155. The highest BCUT2D eigenvalue weighted by atomic mass is 16.4. The van der Waals surface area contributed by atoms with Crippen molar-refractivity contribution in [1.29, 1.82) is 0 Å². The van der Waals surface area contributed by atoms with Gasteiger partial charge in [-0.25, -0.2) is 4.98 Å². The number of allylic oxidation sites excluding steroid dienone is 2. The summed E-state index contributed by atoms with van der Waals surface area (Å²) in [5, 5.41) is 10.7. The molecule has 0 aromatic carbocycles. The molecule has 0 saturated carbocycles. The summed E-state index contributed by atoms with van der Waals surface area (Å²) in [5.74, 6) is -1.09. The maximum Gasteiger partial charge on any atom is 0.319 e. The van der Waals surface area contributed by atoms with Crippen LogP contribution in [-0.4, -0.2) is 29.0 Å². The monoisotopic (exact) mass is 261 g/mol. The molecule has 6 nitrogen and oxygen atoms in total. The number of pyridine rings is 1. The SMILES string of the molecule is CN(NC(=O)C1(C(=O)O)CC=CC1)c1ccccn1. The number of aliphatic carboxylic acids is 1. The van der Waals surface area contributed by atoms with E-state index in [2.05, 4.69) is 10.4 Å². The highest BCUT2D eigenvalue weighted by Crippen LogP contribution is 2.34. The summed E-state index contributed by atoms with van der Waals surface area (Å²) < 4.78 is 0. The van der Waals surface area contributed by atoms with Gasteiger partial charge in [-0.1, -0.05) is 18.2 Å². The van der Waals surface area contributed by atoms with Crippen molar-refractivity contribution >= 4 is 17.7 Å². The zero-order valence-corrected chi connectivity index (χ0v) is 10.5. The Morgan fingerprint density at radius 3 is 2.58 bits per heavy atom. The van der Waals surface area contributed by atoms with Gasteiger partial charge in [-0.3, -0.25) is 20.0 Å². The van der Waals surface area contributed by atoms with E-state index in [1.165, 1.54) is 5.01 Å². The van der Waals surface area contributed by atoms with Gasteiger partial charge in [0.05, 0.1) is 0 Å². The lowest BCUT2D eigenvalue weighted by Gasteiger charge is -2.27. The molecule has 1 aromatic rings. The van der Waals surface area contributed by atoms with Crippen molar-refractivity contribution in [3.05, 3.63) is 36.5 Å². The van der Waals surface area contributed by atoms with Crippen LogP contribution in [0.2, 0.25) is 0 Å². The van der Waals surface area contributed by atoms with E-state index in [1.54, 1.807) is 43.6 Å². The summed E-state index contributed by atoms with van der Waals surface area (Å²) in [6, 6.07) is 5.27. The first-order valence-electron chi connectivity index (χ1n) is 5.90. The number of hydrogen-bond donors (Lipinski definition) is 2. The second-order valence-electron chi connectivity index (χ2n) is 4.45. The maximum atomic E-state index is 12.2. The van der Waals surface area contributed by atoms with E-state index in [-0.39, 0.29) is 12.8 Å². The zero-order chi connectivity index (χ0) is 13.9. The number of rotatable bonds is 4. The second-order valence-corrected chi connectivity index (χ2v) is 4.45. The van der Waals surface area contributed by atoms with Crippen molar-refractivity contribution in [1.82, 2.24) is 10.4 Å². The number of carbonyl (C=O) groups excluding carboxylic acids is 1. The van der Waals surface area contributed by atoms with Crippen LogP contribution in [-0.2, 0) is 9.59 Å². The van der Waals surface area contributed by atoms with Crippen LogP contribution in [0.4, 0.5) is 5.82 Å². The molecule has 0 unspecified atom stereocenters. The lowest BCUT2D eigenvalue weighted by atomic mass is 9.85. The van der Waals surface area contributed by atoms with Crippen LogP contribution >= 0.6 is 0 Å². The summed E-state index contributed by atoms with van der Waals surface area (Å²) in [7, 11) is 1.62. The minimum absolute atomic E-state index is 0.213. The molecular weight excluding hydrogens is 246 g/mol. The molecule has 100 valence electrons. The average Bonchev–Trinajstić information content (AvgIpc) is 2.90. The number of hydrogen-bond acceptors (Lipinski definition) is 4. The van der Waals surface area contributed by atoms with E-state index in [4.69, 9.17) is 0 Å². The van der Waals surface area contributed by atoms with Gasteiger partial charge in [0.1, 0.15) is 5.82 Å². The van der Waals surface area contributed by atoms with Crippen LogP contribution in [0, 0.1) is 5.41 Å². The number of hydrazine groups is 1. The Bertz CT molecular complexity index is 505. The Labute approximate surface area is 110 Å². The zero-order valence-electron chi connectivity index (χ0n) is 10.5. The molecule has 2 rings (SSSR count). The fourth-order valence-corrected chi connectivity index (χ4v) is 1.98. The van der Waals surface area contributed by atoms with E-state index < -0.39 is 17.3 Å². The van der Waals surface area contributed by atoms with Gasteiger partial charge < -0.3 is 5.11 Å². The van der Waals surface area contributed by atoms with Gasteiger partial charge in [-0.2, -0.15) is 0 Å². The molecule has 0 saturated heterocycles. The molecule has 19 heavy (non-hydrogen) atoms. The summed E-state index contributed by atoms with van der Waals surface area (Å²) >= 11 is 0. The predicted molar refractivity (Wildman–Crippen MR) is 69.2 cm³/mol. The van der Waals surface area contributed by atoms with Gasteiger partial charge in [-0.15, -0.1) is 0 Å². The van der Waals surface area contributed by atoms with E-state index >= 15 is 0 Å². The quantitative estimate of drug-likeness (QED) is 0.479. The van der Waals surface area contributed by atoms with Gasteiger partial charge >= 0.3 is 5.97 Å². The van der Waals surface area contributed by atoms with Crippen molar-refractivity contribution in [2.75, 3.05) is 12.1 Å². The molecule has 0 spiro atoms. The number of anilines is 1. The third-order valence-corrected chi connectivity index (χ3v) is 3.21. The van der Waals surface area contributed by atoms with Crippen LogP contribution in [0.15, 0.2) is 36.5 Å². The first-order chi connectivity index (χ1) is 9.06. The standard InChI is InChI=1S/C13H15N3O3/c1-16(10-6-2-5-9-14-10)15-11(17)13(12(18)19)7-3-4-8-13/h2-6,9H,7-8H2,1H3,(H,15,17)(H,18,19).